The highest BCUT2D eigenvalue weighted by molar-refractivity contribution is 5.76. The molecule has 2 rings (SSSR count). The highest BCUT2D eigenvalue weighted by Gasteiger charge is 2.33. The van der Waals surface area contributed by atoms with Crippen molar-refractivity contribution in [2.75, 3.05) is 6.54 Å². The number of rotatable bonds is 8. The number of aliphatic carboxylic acids is 1. The molecule has 9 heteroatoms. The topological polar surface area (TPSA) is 75.4 Å². The van der Waals surface area contributed by atoms with Gasteiger partial charge in [-0.15, -0.1) is 0 Å². The maximum absolute atomic E-state index is 12.6. The van der Waals surface area contributed by atoms with Crippen molar-refractivity contribution in [3.8, 4) is 0 Å². The summed E-state index contributed by atoms with van der Waals surface area (Å²) in [6.07, 6.45) is -3.32. The average Bonchev–Trinajstić information content (AvgIpc) is 3.03. The second kappa shape index (κ2) is 8.50. The summed E-state index contributed by atoms with van der Waals surface area (Å²) in [5.74, 6) is -1.41. The molecule has 0 bridgehead atoms. The van der Waals surface area contributed by atoms with E-state index in [1.54, 1.807) is 12.1 Å². The Morgan fingerprint density at radius 2 is 1.85 bits per heavy atom. The molecule has 0 atom stereocenters. The minimum Gasteiger partial charge on any atom is -0.481 e. The molecule has 0 aliphatic heterocycles. The Kier molecular flexibility index (Phi) is 6.37. The maximum Gasteiger partial charge on any atom is 0.435 e. The van der Waals surface area contributed by atoms with Gasteiger partial charge in [-0.1, -0.05) is 30.3 Å². The van der Waals surface area contributed by atoms with Gasteiger partial charge in [0.2, 0.25) is 5.91 Å². The first-order valence-corrected chi connectivity index (χ1v) is 7.90. The molecule has 1 heterocycles. The number of carboxylic acid groups (broad SMARTS) is 1. The van der Waals surface area contributed by atoms with Crippen LogP contribution in [0.5, 0.6) is 0 Å². The van der Waals surface area contributed by atoms with Crippen molar-refractivity contribution in [3.05, 3.63) is 53.9 Å². The van der Waals surface area contributed by atoms with Crippen molar-refractivity contribution < 1.29 is 27.9 Å². The molecule has 0 saturated heterocycles. The standard InChI is InChI=1S/C17H18F3N3O3/c18-17(19,20)14-8-10-23(21-14)12-15(24)22(9-4-7-16(25)26)11-13-5-2-1-3-6-13/h1-3,5-6,8,10H,4,7,9,11-12H2,(H,25,26). The summed E-state index contributed by atoms with van der Waals surface area (Å²) in [7, 11) is 0. The van der Waals surface area contributed by atoms with E-state index in [9.17, 15) is 22.8 Å². The van der Waals surface area contributed by atoms with Gasteiger partial charge in [0.1, 0.15) is 6.54 Å². The quantitative estimate of drug-likeness (QED) is 0.776. The maximum atomic E-state index is 12.6. The average molecular weight is 369 g/mol. The zero-order chi connectivity index (χ0) is 19.2. The Hall–Kier alpha value is -2.84. The van der Waals surface area contributed by atoms with Crippen molar-refractivity contribution in [2.24, 2.45) is 0 Å². The SMILES string of the molecule is O=C(O)CCCN(Cc1ccccc1)C(=O)Cn1ccc(C(F)(F)F)n1. The minimum atomic E-state index is -4.57. The predicted molar refractivity (Wildman–Crippen MR) is 86.0 cm³/mol. The monoisotopic (exact) mass is 369 g/mol. The first kappa shape index (κ1) is 19.5. The van der Waals surface area contributed by atoms with Gasteiger partial charge in [-0.25, -0.2) is 0 Å². The fourth-order valence-electron chi connectivity index (χ4n) is 2.36. The molecular weight excluding hydrogens is 351 g/mol. The molecule has 1 amide bonds. The first-order valence-electron chi connectivity index (χ1n) is 7.90. The second-order valence-corrected chi connectivity index (χ2v) is 5.69. The van der Waals surface area contributed by atoms with E-state index < -0.39 is 23.7 Å². The molecule has 140 valence electrons. The summed E-state index contributed by atoms with van der Waals surface area (Å²) in [5.41, 5.74) is -0.224. The molecule has 26 heavy (non-hydrogen) atoms. The number of nitrogens with zero attached hydrogens (tertiary/aromatic N) is 3. The van der Waals surface area contributed by atoms with Crippen molar-refractivity contribution >= 4 is 11.9 Å². The van der Waals surface area contributed by atoms with Crippen LogP contribution in [0.3, 0.4) is 0 Å². The van der Waals surface area contributed by atoms with Crippen LogP contribution in [0.15, 0.2) is 42.6 Å². The van der Waals surface area contributed by atoms with Gasteiger partial charge in [-0.2, -0.15) is 18.3 Å². The molecular formula is C17H18F3N3O3. The van der Waals surface area contributed by atoms with Gasteiger partial charge in [-0.3, -0.25) is 14.3 Å². The number of halogens is 3. The number of alkyl halides is 3. The van der Waals surface area contributed by atoms with E-state index in [4.69, 9.17) is 5.11 Å². The van der Waals surface area contributed by atoms with E-state index in [1.165, 1.54) is 4.90 Å². The molecule has 0 spiro atoms. The summed E-state index contributed by atoms with van der Waals surface area (Å²) in [6, 6.07) is 9.86. The fourth-order valence-corrected chi connectivity index (χ4v) is 2.36. The predicted octanol–water partition coefficient (Wildman–Crippen LogP) is 2.80. The van der Waals surface area contributed by atoms with Crippen LogP contribution in [0, 0.1) is 0 Å². The fraction of sp³-hybridized carbons (Fsp3) is 0.353. The number of hydrogen-bond donors (Lipinski definition) is 1. The Bertz CT molecular complexity index is 744. The number of hydrogen-bond acceptors (Lipinski definition) is 3. The molecule has 0 aliphatic carbocycles. The number of carboxylic acids is 1. The van der Waals surface area contributed by atoms with Gasteiger partial charge < -0.3 is 10.0 Å². The Labute approximate surface area is 147 Å². The molecule has 0 saturated carbocycles. The van der Waals surface area contributed by atoms with Gasteiger partial charge in [0, 0.05) is 25.7 Å². The van der Waals surface area contributed by atoms with Gasteiger partial charge in [0.15, 0.2) is 5.69 Å². The molecule has 1 N–H and O–H groups in total. The number of carbonyl (C=O) groups is 2. The number of benzene rings is 1. The van der Waals surface area contributed by atoms with Crippen LogP contribution in [0.2, 0.25) is 0 Å². The van der Waals surface area contributed by atoms with Crippen LogP contribution in [0.4, 0.5) is 13.2 Å². The van der Waals surface area contributed by atoms with Crippen LogP contribution in [-0.4, -0.2) is 38.2 Å². The van der Waals surface area contributed by atoms with Crippen molar-refractivity contribution in [2.45, 2.75) is 32.1 Å². The number of carbonyl (C=O) groups excluding carboxylic acids is 1. The van der Waals surface area contributed by atoms with Crippen LogP contribution in [0.25, 0.3) is 0 Å². The highest BCUT2D eigenvalue weighted by atomic mass is 19.4. The van der Waals surface area contributed by atoms with E-state index in [0.29, 0.717) is 0 Å². The van der Waals surface area contributed by atoms with Gasteiger partial charge in [0.05, 0.1) is 0 Å². The van der Waals surface area contributed by atoms with Gasteiger partial charge in [-0.05, 0) is 18.1 Å². The van der Waals surface area contributed by atoms with Gasteiger partial charge in [0.25, 0.3) is 0 Å². The van der Waals surface area contributed by atoms with Crippen molar-refractivity contribution in [1.29, 1.82) is 0 Å². The Balaban J connectivity index is 2.06. The van der Waals surface area contributed by atoms with Crippen LogP contribution in [-0.2, 0) is 28.9 Å². The zero-order valence-electron chi connectivity index (χ0n) is 13.8. The summed E-state index contributed by atoms with van der Waals surface area (Å²) in [6.45, 7) is 0.0795. The third kappa shape index (κ3) is 5.91. The van der Waals surface area contributed by atoms with E-state index >= 15 is 0 Å². The van der Waals surface area contributed by atoms with Crippen LogP contribution < -0.4 is 0 Å². The van der Waals surface area contributed by atoms with Crippen LogP contribution >= 0.6 is 0 Å². The third-order valence-electron chi connectivity index (χ3n) is 3.62. The van der Waals surface area contributed by atoms with E-state index in [-0.39, 0.29) is 32.5 Å². The summed E-state index contributed by atoms with van der Waals surface area (Å²) in [4.78, 5) is 24.6. The Morgan fingerprint density at radius 1 is 1.15 bits per heavy atom. The largest absolute Gasteiger partial charge is 0.481 e. The lowest BCUT2D eigenvalue weighted by molar-refractivity contribution is -0.142. The molecule has 0 radical (unpaired) electrons. The normalized spacial score (nSPS) is 11.3. The smallest absolute Gasteiger partial charge is 0.435 e. The molecule has 0 fully saturated rings. The summed E-state index contributed by atoms with van der Waals surface area (Å²) < 4.78 is 38.7. The summed E-state index contributed by atoms with van der Waals surface area (Å²) >= 11 is 0. The zero-order valence-corrected chi connectivity index (χ0v) is 13.8. The highest BCUT2D eigenvalue weighted by Crippen LogP contribution is 2.27. The lowest BCUT2D eigenvalue weighted by Crippen LogP contribution is -2.34. The van der Waals surface area contributed by atoms with E-state index in [1.807, 2.05) is 18.2 Å². The first-order chi connectivity index (χ1) is 12.3. The van der Waals surface area contributed by atoms with Crippen molar-refractivity contribution in [3.63, 3.8) is 0 Å². The van der Waals surface area contributed by atoms with Crippen LogP contribution in [0.1, 0.15) is 24.1 Å². The second-order valence-electron chi connectivity index (χ2n) is 5.69. The molecule has 0 aliphatic rings. The molecule has 6 nitrogen and oxygen atoms in total. The van der Waals surface area contributed by atoms with E-state index in [0.717, 1.165) is 22.5 Å². The Morgan fingerprint density at radius 3 is 2.42 bits per heavy atom. The molecule has 2 aromatic rings. The van der Waals surface area contributed by atoms with E-state index in [2.05, 4.69) is 5.10 Å². The summed E-state index contributed by atoms with van der Waals surface area (Å²) in [5, 5.41) is 12.1. The third-order valence-corrected chi connectivity index (χ3v) is 3.62. The number of aromatic nitrogens is 2. The van der Waals surface area contributed by atoms with Crippen molar-refractivity contribution in [1.82, 2.24) is 14.7 Å². The lowest BCUT2D eigenvalue weighted by atomic mass is 10.2. The molecule has 1 aromatic carbocycles. The molecule has 0 unspecified atom stereocenters. The molecule has 1 aromatic heterocycles. The van der Waals surface area contributed by atoms with Gasteiger partial charge >= 0.3 is 12.1 Å². The lowest BCUT2D eigenvalue weighted by Gasteiger charge is -2.22. The number of amides is 1. The minimum absolute atomic E-state index is 0.0986.